The molecule has 3 aromatic rings. The molecule has 0 bridgehead atoms. The quantitative estimate of drug-likeness (QED) is 0.180. The molecule has 0 radical (unpaired) electrons. The minimum atomic E-state index is -0.948. The summed E-state index contributed by atoms with van der Waals surface area (Å²) in [6.45, 7) is 4.21. The van der Waals surface area contributed by atoms with Gasteiger partial charge in [-0.05, 0) is 66.1 Å². The molecule has 3 aliphatic rings. The standard InChI is InChI=1S/C38H39FN3O3/c1-4-45-37(44)33-23-38-31(21-22-40-33)34(41(24-27-11-7-5-8-12-27)25-28-13-9-6-10-14-28)19-20-35(38)42(2,3)26-32(38)36(43)29-15-17-30(39)18-16-29/h5-21,23,32,40H,4,22,24-26H2,1-3H3/q+1. The highest BCUT2D eigenvalue weighted by Gasteiger charge is 2.63. The third kappa shape index (κ3) is 5.76. The molecule has 1 aliphatic carbocycles. The van der Waals surface area contributed by atoms with E-state index in [-0.39, 0.29) is 12.4 Å². The van der Waals surface area contributed by atoms with Gasteiger partial charge in [0.25, 0.3) is 0 Å². The third-order valence-electron chi connectivity index (χ3n) is 9.07. The van der Waals surface area contributed by atoms with Crippen LogP contribution in [0.4, 0.5) is 4.39 Å². The Hall–Kier alpha value is -4.75. The van der Waals surface area contributed by atoms with E-state index in [0.29, 0.717) is 41.9 Å². The van der Waals surface area contributed by atoms with Crippen LogP contribution in [0.25, 0.3) is 0 Å². The number of ether oxygens (including phenoxy) is 1. The van der Waals surface area contributed by atoms with Gasteiger partial charge in [0.1, 0.15) is 22.6 Å². The van der Waals surface area contributed by atoms with Gasteiger partial charge >= 0.3 is 5.97 Å². The fourth-order valence-corrected chi connectivity index (χ4v) is 7.13. The Kier molecular flexibility index (Phi) is 8.30. The second-order valence-electron chi connectivity index (χ2n) is 12.4. The van der Waals surface area contributed by atoms with Crippen molar-refractivity contribution in [1.29, 1.82) is 0 Å². The van der Waals surface area contributed by atoms with E-state index in [1.54, 1.807) is 19.1 Å². The number of esters is 1. The second-order valence-corrected chi connectivity index (χ2v) is 12.4. The maximum absolute atomic E-state index is 14.5. The number of nitrogens with zero attached hydrogens (tertiary/aromatic N) is 2. The van der Waals surface area contributed by atoms with E-state index in [0.717, 1.165) is 28.1 Å². The fourth-order valence-electron chi connectivity index (χ4n) is 7.13. The van der Waals surface area contributed by atoms with Crippen LogP contribution in [0.5, 0.6) is 0 Å². The summed E-state index contributed by atoms with van der Waals surface area (Å²) in [4.78, 5) is 30.2. The van der Waals surface area contributed by atoms with Crippen LogP contribution in [-0.2, 0) is 22.6 Å². The Morgan fingerprint density at radius 3 is 2.16 bits per heavy atom. The Morgan fingerprint density at radius 2 is 1.56 bits per heavy atom. The van der Waals surface area contributed by atoms with E-state index >= 15 is 0 Å². The molecule has 6 rings (SSSR count). The zero-order valence-electron chi connectivity index (χ0n) is 26.0. The first-order valence-electron chi connectivity index (χ1n) is 15.5. The third-order valence-corrected chi connectivity index (χ3v) is 9.07. The predicted molar refractivity (Wildman–Crippen MR) is 173 cm³/mol. The van der Waals surface area contributed by atoms with E-state index < -0.39 is 23.1 Å². The number of halogens is 1. The summed E-state index contributed by atoms with van der Waals surface area (Å²) in [6, 6.07) is 26.5. The van der Waals surface area contributed by atoms with Crippen LogP contribution in [0, 0.1) is 17.2 Å². The van der Waals surface area contributed by atoms with Crippen LogP contribution < -0.4 is 5.32 Å². The maximum atomic E-state index is 14.5. The van der Waals surface area contributed by atoms with E-state index in [1.165, 1.54) is 12.1 Å². The van der Waals surface area contributed by atoms with Gasteiger partial charge in [-0.25, -0.2) is 9.18 Å². The van der Waals surface area contributed by atoms with Crippen molar-refractivity contribution in [3.05, 3.63) is 154 Å². The lowest BCUT2D eigenvalue weighted by atomic mass is 9.64. The molecule has 2 heterocycles. The molecule has 2 atom stereocenters. The van der Waals surface area contributed by atoms with Crippen molar-refractivity contribution in [3.8, 4) is 0 Å². The molecule has 7 heteroatoms. The van der Waals surface area contributed by atoms with Crippen LogP contribution >= 0.6 is 0 Å². The number of benzene rings is 3. The van der Waals surface area contributed by atoms with E-state index in [1.807, 2.05) is 42.5 Å². The summed E-state index contributed by atoms with van der Waals surface area (Å²) in [7, 11) is 4.20. The van der Waals surface area contributed by atoms with Crippen LogP contribution in [0.15, 0.2) is 132 Å². The number of hydrogen-bond donors (Lipinski definition) is 1. The van der Waals surface area contributed by atoms with Crippen molar-refractivity contribution in [2.75, 3.05) is 33.8 Å². The van der Waals surface area contributed by atoms with Gasteiger partial charge in [-0.15, -0.1) is 0 Å². The molecule has 1 saturated heterocycles. The second kappa shape index (κ2) is 12.3. The van der Waals surface area contributed by atoms with Crippen molar-refractivity contribution in [2.24, 2.45) is 11.3 Å². The fraction of sp³-hybridized carbons (Fsp3) is 0.263. The lowest BCUT2D eigenvalue weighted by molar-refractivity contribution is -0.845. The number of rotatable bonds is 9. The number of allylic oxidation sites excluding steroid dienone is 4. The minimum Gasteiger partial charge on any atom is -0.461 e. The summed E-state index contributed by atoms with van der Waals surface area (Å²) in [5.74, 6) is -1.49. The van der Waals surface area contributed by atoms with Crippen molar-refractivity contribution >= 4 is 11.8 Å². The average molecular weight is 605 g/mol. The molecule has 230 valence electrons. The van der Waals surface area contributed by atoms with Gasteiger partial charge in [0, 0.05) is 30.9 Å². The summed E-state index contributed by atoms with van der Waals surface area (Å²) in [6.07, 6.45) is 8.36. The van der Waals surface area contributed by atoms with Crippen molar-refractivity contribution in [1.82, 2.24) is 10.2 Å². The summed E-state index contributed by atoms with van der Waals surface area (Å²) >= 11 is 0. The largest absolute Gasteiger partial charge is 0.461 e. The number of carbonyl (C=O) groups excluding carboxylic acids is 2. The molecular formula is C38H39FN3O3+. The van der Waals surface area contributed by atoms with Gasteiger partial charge < -0.3 is 15.0 Å². The number of nitrogens with one attached hydrogen (secondary N) is 1. The topological polar surface area (TPSA) is 58.6 Å². The lowest BCUT2D eigenvalue weighted by Crippen LogP contribution is -2.41. The first-order valence-corrected chi connectivity index (χ1v) is 15.5. The molecule has 1 fully saturated rings. The summed E-state index contributed by atoms with van der Waals surface area (Å²) in [5, 5.41) is 3.29. The SMILES string of the molecule is CCOC(=O)C1=CC23C(=CCN1)C(N(Cc1ccccc1)Cc1ccccc1)=CC=C2[N+](C)(C)CC3C(=O)c1ccc(F)cc1. The number of ketones is 1. The van der Waals surface area contributed by atoms with Crippen molar-refractivity contribution in [2.45, 2.75) is 20.0 Å². The molecule has 2 aliphatic heterocycles. The first kappa shape index (κ1) is 30.3. The number of Topliss-reactive ketones (excluding diaryl/α,β-unsaturated/α-hetero) is 1. The number of quaternary nitrogens is 1. The Bertz CT molecular complexity index is 1670. The summed E-state index contributed by atoms with van der Waals surface area (Å²) < 4.78 is 19.9. The van der Waals surface area contributed by atoms with E-state index in [9.17, 15) is 14.0 Å². The van der Waals surface area contributed by atoms with Gasteiger partial charge in [-0.2, -0.15) is 0 Å². The molecule has 0 saturated carbocycles. The molecule has 0 aromatic heterocycles. The molecule has 1 N–H and O–H groups in total. The zero-order valence-corrected chi connectivity index (χ0v) is 26.0. The Balaban J connectivity index is 1.54. The van der Waals surface area contributed by atoms with Crippen molar-refractivity contribution in [3.63, 3.8) is 0 Å². The number of carbonyl (C=O) groups is 2. The van der Waals surface area contributed by atoms with Gasteiger partial charge in [0.15, 0.2) is 5.78 Å². The Labute approximate surface area is 264 Å². The van der Waals surface area contributed by atoms with Gasteiger partial charge in [0.2, 0.25) is 0 Å². The van der Waals surface area contributed by atoms with Gasteiger partial charge in [0.05, 0.1) is 33.2 Å². The van der Waals surface area contributed by atoms with Crippen LogP contribution in [0.1, 0.15) is 28.4 Å². The normalized spacial score (nSPS) is 21.5. The summed E-state index contributed by atoms with van der Waals surface area (Å²) in [5.41, 5.74) is 5.15. The van der Waals surface area contributed by atoms with Crippen LogP contribution in [-0.4, -0.2) is 54.9 Å². The molecule has 2 unspecified atom stereocenters. The van der Waals surface area contributed by atoms with E-state index in [2.05, 4.69) is 66.8 Å². The molecule has 0 amide bonds. The van der Waals surface area contributed by atoms with Gasteiger partial charge in [-0.1, -0.05) is 66.7 Å². The molecule has 45 heavy (non-hydrogen) atoms. The maximum Gasteiger partial charge on any atom is 0.354 e. The number of likely N-dealkylation sites (tertiary alicyclic amines) is 1. The minimum absolute atomic E-state index is 0.0872. The molecule has 6 nitrogen and oxygen atoms in total. The predicted octanol–water partition coefficient (Wildman–Crippen LogP) is 6.16. The smallest absolute Gasteiger partial charge is 0.354 e. The molecular weight excluding hydrogens is 565 g/mol. The zero-order chi connectivity index (χ0) is 31.6. The number of hydrogen-bond acceptors (Lipinski definition) is 5. The first-order chi connectivity index (χ1) is 21.7. The lowest BCUT2D eigenvalue weighted by Gasteiger charge is -2.41. The molecule has 1 spiro atoms. The highest BCUT2D eigenvalue weighted by molar-refractivity contribution is 6.00. The monoisotopic (exact) mass is 604 g/mol. The van der Waals surface area contributed by atoms with E-state index in [4.69, 9.17) is 4.74 Å². The van der Waals surface area contributed by atoms with Crippen LogP contribution in [0.3, 0.4) is 0 Å². The molecule has 3 aromatic carbocycles. The average Bonchev–Trinajstić information content (AvgIpc) is 3.15. The van der Waals surface area contributed by atoms with Crippen LogP contribution in [0.2, 0.25) is 0 Å². The highest BCUT2D eigenvalue weighted by Crippen LogP contribution is 2.59. The highest BCUT2D eigenvalue weighted by atomic mass is 19.1. The van der Waals surface area contributed by atoms with Crippen molar-refractivity contribution < 1.29 is 23.2 Å². The Morgan fingerprint density at radius 1 is 0.933 bits per heavy atom. The van der Waals surface area contributed by atoms with Gasteiger partial charge in [-0.3, -0.25) is 9.28 Å².